The molecule has 2 heterocycles. The maximum absolute atomic E-state index is 12.4. The van der Waals surface area contributed by atoms with Gasteiger partial charge in [0, 0.05) is 6.42 Å². The second-order valence-electron chi connectivity index (χ2n) is 6.42. The van der Waals surface area contributed by atoms with Gasteiger partial charge in [-0.1, -0.05) is 19.9 Å². The van der Waals surface area contributed by atoms with Gasteiger partial charge in [-0.15, -0.1) is 5.10 Å². The summed E-state index contributed by atoms with van der Waals surface area (Å²) in [6.45, 7) is 5.33. The molecule has 1 atom stereocenters. The van der Waals surface area contributed by atoms with Gasteiger partial charge in [0.05, 0.1) is 19.3 Å². The number of carbonyl (C=O) groups excluding carboxylic acids is 1. The average Bonchev–Trinajstić information content (AvgIpc) is 2.94. The lowest BCUT2D eigenvalue weighted by Crippen LogP contribution is -2.34. The molecule has 1 N–H and O–H groups in total. The average molecular weight is 355 g/mol. The van der Waals surface area contributed by atoms with Crippen LogP contribution in [0.4, 0.5) is 0 Å². The predicted molar refractivity (Wildman–Crippen MR) is 92.5 cm³/mol. The number of carbonyl (C=O) groups is 1. The number of hydrogen-bond acceptors (Lipinski definition) is 6. The van der Waals surface area contributed by atoms with Crippen LogP contribution >= 0.6 is 0 Å². The monoisotopic (exact) mass is 355 g/mol. The molecule has 1 amide bonds. The van der Waals surface area contributed by atoms with Gasteiger partial charge in [0.15, 0.2) is 11.5 Å². The van der Waals surface area contributed by atoms with Gasteiger partial charge in [0.25, 0.3) is 5.82 Å². The third kappa shape index (κ3) is 4.11. The summed E-state index contributed by atoms with van der Waals surface area (Å²) in [7, 11) is 0. The van der Waals surface area contributed by atoms with E-state index in [1.807, 2.05) is 38.1 Å². The summed E-state index contributed by atoms with van der Waals surface area (Å²) in [6.07, 6.45) is 2.22. The van der Waals surface area contributed by atoms with E-state index in [1.165, 1.54) is 11.0 Å². The van der Waals surface area contributed by atoms with Crippen LogP contribution in [0.25, 0.3) is 0 Å². The third-order valence-electron chi connectivity index (χ3n) is 4.06. The van der Waals surface area contributed by atoms with Crippen molar-refractivity contribution in [2.45, 2.75) is 32.9 Å². The lowest BCUT2D eigenvalue weighted by Gasteiger charge is -2.24. The Labute approximate surface area is 151 Å². The zero-order valence-electron chi connectivity index (χ0n) is 14.8. The largest absolute Gasteiger partial charge is 0.490 e. The molecule has 0 saturated carbocycles. The van der Waals surface area contributed by atoms with Crippen molar-refractivity contribution in [1.82, 2.24) is 20.1 Å². The highest BCUT2D eigenvalue weighted by molar-refractivity contribution is 5.76. The van der Waals surface area contributed by atoms with Gasteiger partial charge >= 0.3 is 0 Å². The first-order chi connectivity index (χ1) is 12.6. The van der Waals surface area contributed by atoms with E-state index in [-0.39, 0.29) is 30.2 Å². The fourth-order valence-electron chi connectivity index (χ4n) is 2.80. The highest BCUT2D eigenvalue weighted by Gasteiger charge is 2.21. The zero-order chi connectivity index (χ0) is 18.5. The van der Waals surface area contributed by atoms with Crippen molar-refractivity contribution in [3.8, 4) is 17.6 Å². The Kier molecular flexibility index (Phi) is 5.37. The summed E-state index contributed by atoms with van der Waals surface area (Å²) < 4.78 is 12.7. The first-order valence-corrected chi connectivity index (χ1v) is 8.55. The number of nitrogens with one attached hydrogen (secondary N) is 1. The van der Waals surface area contributed by atoms with Gasteiger partial charge in [0.2, 0.25) is 5.91 Å². The Morgan fingerprint density at radius 2 is 2.12 bits per heavy atom. The summed E-state index contributed by atoms with van der Waals surface area (Å²) in [5, 5.41) is 15.7. The number of amides is 1. The molecule has 0 aliphatic carbocycles. The second-order valence-corrected chi connectivity index (χ2v) is 6.42. The zero-order valence-corrected chi connectivity index (χ0v) is 14.8. The molecule has 2 aromatic rings. The fraction of sp³-hybridized carbons (Fsp3) is 0.444. The molecule has 136 valence electrons. The van der Waals surface area contributed by atoms with Crippen LogP contribution in [-0.4, -0.2) is 33.9 Å². The van der Waals surface area contributed by atoms with Crippen molar-refractivity contribution in [2.24, 2.45) is 5.92 Å². The normalized spacial score (nSPS) is 14.4. The molecule has 0 spiro atoms. The van der Waals surface area contributed by atoms with Gasteiger partial charge in [-0.05, 0) is 23.6 Å². The van der Waals surface area contributed by atoms with E-state index < -0.39 is 0 Å². The quantitative estimate of drug-likeness (QED) is 0.878. The van der Waals surface area contributed by atoms with E-state index in [0.717, 1.165) is 17.7 Å². The van der Waals surface area contributed by atoms with Crippen molar-refractivity contribution >= 4 is 5.91 Å². The SMILES string of the molecule is CC(C)[C@@H](NC(=O)Cn1cnc(C#N)n1)c1ccc2c(c1)OCCCO2. The van der Waals surface area contributed by atoms with Crippen LogP contribution < -0.4 is 14.8 Å². The molecule has 0 unspecified atom stereocenters. The smallest absolute Gasteiger partial charge is 0.252 e. The van der Waals surface area contributed by atoms with E-state index in [1.54, 1.807) is 0 Å². The van der Waals surface area contributed by atoms with Crippen LogP contribution in [0.2, 0.25) is 0 Å². The molecular weight excluding hydrogens is 334 g/mol. The topological polar surface area (TPSA) is 102 Å². The maximum Gasteiger partial charge on any atom is 0.252 e. The summed E-state index contributed by atoms with van der Waals surface area (Å²) in [4.78, 5) is 16.2. The highest BCUT2D eigenvalue weighted by Crippen LogP contribution is 2.34. The van der Waals surface area contributed by atoms with Crippen molar-refractivity contribution in [2.75, 3.05) is 13.2 Å². The Morgan fingerprint density at radius 3 is 2.81 bits per heavy atom. The first kappa shape index (κ1) is 17.7. The van der Waals surface area contributed by atoms with E-state index in [0.29, 0.717) is 19.0 Å². The van der Waals surface area contributed by atoms with Crippen LogP contribution in [0.5, 0.6) is 11.5 Å². The minimum atomic E-state index is -0.204. The molecule has 3 rings (SSSR count). The van der Waals surface area contributed by atoms with E-state index >= 15 is 0 Å². The molecule has 0 saturated heterocycles. The number of nitriles is 1. The summed E-state index contributed by atoms with van der Waals surface area (Å²) in [5.74, 6) is 1.45. The molecule has 1 aliphatic heterocycles. The third-order valence-corrected chi connectivity index (χ3v) is 4.06. The number of benzene rings is 1. The van der Waals surface area contributed by atoms with Crippen LogP contribution in [0.1, 0.15) is 37.7 Å². The number of nitrogens with zero attached hydrogens (tertiary/aromatic N) is 4. The van der Waals surface area contributed by atoms with E-state index in [4.69, 9.17) is 14.7 Å². The highest BCUT2D eigenvalue weighted by atomic mass is 16.5. The predicted octanol–water partition coefficient (Wildman–Crippen LogP) is 1.82. The van der Waals surface area contributed by atoms with Crippen LogP contribution in [0, 0.1) is 17.2 Å². The van der Waals surface area contributed by atoms with Crippen molar-refractivity contribution in [3.63, 3.8) is 0 Å². The number of ether oxygens (including phenoxy) is 2. The van der Waals surface area contributed by atoms with Gasteiger partial charge in [-0.3, -0.25) is 4.79 Å². The fourth-order valence-corrected chi connectivity index (χ4v) is 2.80. The van der Waals surface area contributed by atoms with Crippen LogP contribution in [-0.2, 0) is 11.3 Å². The molecule has 8 nitrogen and oxygen atoms in total. The number of aromatic nitrogens is 3. The van der Waals surface area contributed by atoms with Crippen molar-refractivity contribution < 1.29 is 14.3 Å². The molecule has 1 aromatic carbocycles. The molecule has 0 bridgehead atoms. The lowest BCUT2D eigenvalue weighted by molar-refractivity contribution is -0.122. The second kappa shape index (κ2) is 7.87. The Hall–Kier alpha value is -3.08. The minimum Gasteiger partial charge on any atom is -0.490 e. The summed E-state index contributed by atoms with van der Waals surface area (Å²) in [6, 6.07) is 7.41. The Balaban J connectivity index is 1.73. The van der Waals surface area contributed by atoms with Crippen LogP contribution in [0.3, 0.4) is 0 Å². The van der Waals surface area contributed by atoms with Gasteiger partial charge in [-0.25, -0.2) is 9.67 Å². The van der Waals surface area contributed by atoms with Crippen LogP contribution in [0.15, 0.2) is 24.5 Å². The van der Waals surface area contributed by atoms with Gasteiger partial charge in [-0.2, -0.15) is 5.26 Å². The molecule has 1 aliphatic rings. The standard InChI is InChI=1S/C18H21N5O3/c1-12(2)18(21-17(24)10-23-11-20-16(9-19)22-23)13-4-5-14-15(8-13)26-7-3-6-25-14/h4-5,8,11-12,18H,3,6-7,10H2,1-2H3,(H,21,24)/t18-/m1/s1. The molecule has 1 aromatic heterocycles. The number of fused-ring (bicyclic) bond motifs is 1. The number of rotatable bonds is 5. The van der Waals surface area contributed by atoms with Crippen molar-refractivity contribution in [1.29, 1.82) is 5.26 Å². The molecular formula is C18H21N5O3. The molecule has 0 fully saturated rings. The summed E-state index contributed by atoms with van der Waals surface area (Å²) >= 11 is 0. The number of hydrogen-bond donors (Lipinski definition) is 1. The Bertz CT molecular complexity index is 824. The van der Waals surface area contributed by atoms with Gasteiger partial charge in [0.1, 0.15) is 18.9 Å². The van der Waals surface area contributed by atoms with Gasteiger partial charge < -0.3 is 14.8 Å². The molecule has 8 heteroatoms. The minimum absolute atomic E-state index is 0.00243. The lowest BCUT2D eigenvalue weighted by atomic mass is 9.95. The molecule has 0 radical (unpaired) electrons. The summed E-state index contributed by atoms with van der Waals surface area (Å²) in [5.41, 5.74) is 0.953. The first-order valence-electron chi connectivity index (χ1n) is 8.55. The molecule has 26 heavy (non-hydrogen) atoms. The van der Waals surface area contributed by atoms with E-state index in [2.05, 4.69) is 15.4 Å². The van der Waals surface area contributed by atoms with Crippen molar-refractivity contribution in [3.05, 3.63) is 35.9 Å². The van der Waals surface area contributed by atoms with E-state index in [9.17, 15) is 4.79 Å². The Morgan fingerprint density at radius 1 is 1.35 bits per heavy atom. The maximum atomic E-state index is 12.4.